The van der Waals surface area contributed by atoms with Crippen LogP contribution in [0, 0.1) is 10.1 Å². The average Bonchev–Trinajstić information content (AvgIpc) is 2.56. The van der Waals surface area contributed by atoms with Crippen LogP contribution in [-0.2, 0) is 0 Å². The van der Waals surface area contributed by atoms with E-state index in [-0.39, 0.29) is 6.05 Å². The van der Waals surface area contributed by atoms with Gasteiger partial charge in [0.1, 0.15) is 0 Å². The molecule has 5 heteroatoms. The molecule has 1 atom stereocenters. The zero-order valence-electron chi connectivity index (χ0n) is 6.85. The van der Waals surface area contributed by atoms with Gasteiger partial charge in [-0.2, -0.15) is 0 Å². The zero-order chi connectivity index (χ0) is 9.59. The van der Waals surface area contributed by atoms with Gasteiger partial charge in [0.25, 0.3) is 5.70 Å². The largest absolute Gasteiger partial charge is 0.377 e. The van der Waals surface area contributed by atoms with Crippen LogP contribution in [0.4, 0.5) is 0 Å². The summed E-state index contributed by atoms with van der Waals surface area (Å²) in [4.78, 5) is 10.3. The molecule has 0 bridgehead atoms. The summed E-state index contributed by atoms with van der Waals surface area (Å²) >= 11 is 1.24. The van der Waals surface area contributed by atoms with Gasteiger partial charge in [0.2, 0.25) is 0 Å². The molecule has 1 aromatic heterocycles. The second-order valence-electron chi connectivity index (χ2n) is 2.37. The van der Waals surface area contributed by atoms with Crippen molar-refractivity contribution in [3.63, 3.8) is 0 Å². The summed E-state index contributed by atoms with van der Waals surface area (Å²) in [6.45, 7) is 0. The molecule has 1 N–H and O–H groups in total. The molecule has 0 fully saturated rings. The minimum atomic E-state index is -1.23. The molecule has 0 saturated heterocycles. The van der Waals surface area contributed by atoms with E-state index in [0.717, 1.165) is 0 Å². The lowest BCUT2D eigenvalue weighted by atomic mass is 10.2. The number of hydrogen-bond acceptors (Lipinski definition) is 4. The first kappa shape index (κ1) is 6.33. The van der Waals surface area contributed by atoms with Gasteiger partial charge in [-0.1, -0.05) is 0 Å². The van der Waals surface area contributed by atoms with E-state index in [0.29, 0.717) is 10.4 Å². The molecule has 0 radical (unpaired) electrons. The standard InChI is InChI=1S/C7H5NO3S/c9-7-4-1-2-12-6(4)3-5(7)8(10)11/h1-3,7,9H/i3D. The van der Waals surface area contributed by atoms with Crippen molar-refractivity contribution in [1.82, 2.24) is 0 Å². The number of nitrogens with zero attached hydrogens (tertiary/aromatic N) is 1. The van der Waals surface area contributed by atoms with Crippen molar-refractivity contribution in [1.29, 1.82) is 0 Å². The average molecular weight is 184 g/mol. The van der Waals surface area contributed by atoms with Crippen molar-refractivity contribution in [2.24, 2.45) is 0 Å². The molecule has 1 aromatic rings. The topological polar surface area (TPSA) is 63.4 Å². The predicted octanol–water partition coefficient (Wildman–Crippen LogP) is 1.41. The molecule has 0 aliphatic heterocycles. The molecule has 1 aliphatic rings. The van der Waals surface area contributed by atoms with Gasteiger partial charge >= 0.3 is 0 Å². The molecule has 1 aliphatic carbocycles. The minimum Gasteiger partial charge on any atom is -0.377 e. The molecule has 0 aromatic carbocycles. The molecule has 12 heavy (non-hydrogen) atoms. The lowest BCUT2D eigenvalue weighted by Crippen LogP contribution is -2.04. The molecule has 62 valence electrons. The summed E-state index contributed by atoms with van der Waals surface area (Å²) in [5.41, 5.74) is 0.0588. The second kappa shape index (κ2) is 2.40. The zero-order valence-corrected chi connectivity index (χ0v) is 6.67. The van der Waals surface area contributed by atoms with E-state index in [1.54, 1.807) is 11.4 Å². The maximum Gasteiger partial charge on any atom is 0.280 e. The van der Waals surface area contributed by atoms with E-state index in [9.17, 15) is 15.2 Å². The molecular formula is C7H5NO3S. The highest BCUT2D eigenvalue weighted by Gasteiger charge is 2.32. The first-order valence-electron chi connectivity index (χ1n) is 3.74. The number of hydrogen-bond donors (Lipinski definition) is 1. The Morgan fingerprint density at radius 3 is 3.17 bits per heavy atom. The monoisotopic (exact) mass is 184 g/mol. The Balaban J connectivity index is 2.60. The van der Waals surface area contributed by atoms with E-state index in [1.165, 1.54) is 11.3 Å². The van der Waals surface area contributed by atoms with E-state index in [1.807, 2.05) is 0 Å². The smallest absolute Gasteiger partial charge is 0.280 e. The fourth-order valence-corrected chi connectivity index (χ4v) is 1.94. The first-order chi connectivity index (χ1) is 6.13. The fourth-order valence-electron chi connectivity index (χ4n) is 1.11. The maximum atomic E-state index is 10.5. The third kappa shape index (κ3) is 0.870. The van der Waals surface area contributed by atoms with Crippen LogP contribution in [-0.4, -0.2) is 10.0 Å². The van der Waals surface area contributed by atoms with Gasteiger partial charge in [0.05, 0.1) is 6.29 Å². The Bertz CT molecular complexity index is 412. The summed E-state index contributed by atoms with van der Waals surface area (Å²) in [5, 5.41) is 21.6. The lowest BCUT2D eigenvalue weighted by Gasteiger charge is -1.99. The summed E-state index contributed by atoms with van der Waals surface area (Å²) in [6.07, 6.45) is -1.23. The van der Waals surface area contributed by atoms with Crippen molar-refractivity contribution >= 4 is 17.4 Å². The van der Waals surface area contributed by atoms with Gasteiger partial charge in [-0.15, -0.1) is 11.3 Å². The van der Waals surface area contributed by atoms with Crippen LogP contribution in [0.5, 0.6) is 0 Å². The van der Waals surface area contributed by atoms with Crippen LogP contribution in [0.2, 0.25) is 0 Å². The summed E-state index contributed by atoms with van der Waals surface area (Å²) < 4.78 is 7.44. The van der Waals surface area contributed by atoms with Crippen LogP contribution >= 0.6 is 11.3 Å². The van der Waals surface area contributed by atoms with Crippen LogP contribution in [0.15, 0.2) is 17.1 Å². The Kier molecular flexibility index (Phi) is 1.26. The van der Waals surface area contributed by atoms with Crippen molar-refractivity contribution in [3.05, 3.63) is 37.7 Å². The molecule has 2 rings (SSSR count). The van der Waals surface area contributed by atoms with Gasteiger partial charge < -0.3 is 5.11 Å². The minimum absolute atomic E-state index is 0.164. The number of thiophene rings is 1. The second-order valence-corrected chi connectivity index (χ2v) is 3.29. The van der Waals surface area contributed by atoms with Crippen molar-refractivity contribution in [2.75, 3.05) is 0 Å². The van der Waals surface area contributed by atoms with Crippen molar-refractivity contribution in [3.8, 4) is 0 Å². The molecule has 1 unspecified atom stereocenters. The van der Waals surface area contributed by atoms with Gasteiger partial charge in [-0.25, -0.2) is 0 Å². The van der Waals surface area contributed by atoms with E-state index in [4.69, 9.17) is 1.37 Å². The normalized spacial score (nSPS) is 22.4. The third-order valence-electron chi connectivity index (χ3n) is 1.69. The van der Waals surface area contributed by atoms with E-state index in [2.05, 4.69) is 0 Å². The summed E-state index contributed by atoms with van der Waals surface area (Å²) in [7, 11) is 0. The first-order valence-corrected chi connectivity index (χ1v) is 4.12. The maximum absolute atomic E-state index is 10.5. The molecular weight excluding hydrogens is 178 g/mol. The Labute approximate surface area is 73.3 Å². The fraction of sp³-hybridized carbons (Fsp3) is 0.143. The van der Waals surface area contributed by atoms with Crippen molar-refractivity contribution < 1.29 is 11.4 Å². The number of nitro groups is 1. The highest BCUT2D eigenvalue weighted by Crippen LogP contribution is 2.37. The van der Waals surface area contributed by atoms with Crippen LogP contribution in [0.25, 0.3) is 6.05 Å². The van der Waals surface area contributed by atoms with Gasteiger partial charge in [0.15, 0.2) is 6.10 Å². The quantitative estimate of drug-likeness (QED) is 0.530. The highest BCUT2D eigenvalue weighted by atomic mass is 32.1. The third-order valence-corrected chi connectivity index (χ3v) is 2.53. The number of fused-ring (bicyclic) bond motifs is 1. The summed E-state index contributed by atoms with van der Waals surface area (Å²) in [6, 6.07) is 1.44. The predicted molar refractivity (Wildman–Crippen MR) is 44.3 cm³/mol. The van der Waals surface area contributed by atoms with Crippen LogP contribution < -0.4 is 0 Å². The number of rotatable bonds is 1. The SMILES string of the molecule is [2H]C1=C([N+](=O)[O-])C(O)c2ccsc21. The number of aliphatic hydroxyl groups is 1. The summed E-state index contributed by atoms with van der Waals surface area (Å²) in [5.74, 6) is 0. The molecule has 4 nitrogen and oxygen atoms in total. The Morgan fingerprint density at radius 1 is 1.83 bits per heavy atom. The van der Waals surface area contributed by atoms with Gasteiger partial charge in [-0.05, 0) is 11.4 Å². The molecule has 0 amide bonds. The van der Waals surface area contributed by atoms with E-state index >= 15 is 0 Å². The Hall–Kier alpha value is -1.20. The Morgan fingerprint density at radius 2 is 2.58 bits per heavy atom. The highest BCUT2D eigenvalue weighted by molar-refractivity contribution is 7.11. The lowest BCUT2D eigenvalue weighted by molar-refractivity contribution is -0.434. The van der Waals surface area contributed by atoms with Gasteiger partial charge in [0, 0.05) is 16.5 Å². The van der Waals surface area contributed by atoms with E-state index < -0.39 is 16.7 Å². The van der Waals surface area contributed by atoms with Crippen molar-refractivity contribution in [2.45, 2.75) is 6.10 Å². The number of aliphatic hydroxyl groups excluding tert-OH is 1. The molecule has 0 spiro atoms. The van der Waals surface area contributed by atoms with Crippen LogP contribution in [0.3, 0.4) is 0 Å². The van der Waals surface area contributed by atoms with Gasteiger partial charge in [-0.3, -0.25) is 10.1 Å². The van der Waals surface area contributed by atoms with Crippen LogP contribution in [0.1, 0.15) is 17.9 Å². The molecule has 0 saturated carbocycles. The molecule has 1 heterocycles.